The van der Waals surface area contributed by atoms with Crippen LogP contribution in [0.5, 0.6) is 0 Å². The molecule has 6 heteroatoms. The molecule has 0 spiro atoms. The van der Waals surface area contributed by atoms with E-state index >= 15 is 0 Å². The summed E-state index contributed by atoms with van der Waals surface area (Å²) in [6.07, 6.45) is -3.59. The van der Waals surface area contributed by atoms with E-state index in [1.807, 2.05) is 11.5 Å². The van der Waals surface area contributed by atoms with Crippen LogP contribution in [0.2, 0.25) is 0 Å². The lowest BCUT2D eigenvalue weighted by Gasteiger charge is -2.27. The fourth-order valence-electron chi connectivity index (χ4n) is 3.61. The Labute approximate surface area is 146 Å². The van der Waals surface area contributed by atoms with E-state index in [-0.39, 0.29) is 16.5 Å². The SMILES string of the molecule is CC(C)(C)c1cc(C2=NN[C@](O)(C(F)(F)F)C2)c2c(c1)C(C)(C)CC2. The number of aliphatic hydroxyl groups is 1. The van der Waals surface area contributed by atoms with Crippen molar-refractivity contribution in [2.24, 2.45) is 5.10 Å². The van der Waals surface area contributed by atoms with Crippen molar-refractivity contribution >= 4 is 5.71 Å². The van der Waals surface area contributed by atoms with E-state index in [9.17, 15) is 18.3 Å². The van der Waals surface area contributed by atoms with Gasteiger partial charge in [-0.3, -0.25) is 5.43 Å². The molecule has 1 aliphatic heterocycles. The van der Waals surface area contributed by atoms with Gasteiger partial charge in [-0.15, -0.1) is 0 Å². The highest BCUT2D eigenvalue weighted by Gasteiger charge is 2.57. The molecule has 1 aromatic carbocycles. The molecule has 25 heavy (non-hydrogen) atoms. The van der Waals surface area contributed by atoms with Gasteiger partial charge in [0.05, 0.1) is 12.1 Å². The lowest BCUT2D eigenvalue weighted by atomic mass is 9.79. The van der Waals surface area contributed by atoms with Crippen LogP contribution in [-0.2, 0) is 17.3 Å². The van der Waals surface area contributed by atoms with Crippen molar-refractivity contribution in [1.82, 2.24) is 5.43 Å². The molecular formula is C19H25F3N2O. The Morgan fingerprint density at radius 1 is 1.16 bits per heavy atom. The molecule has 1 atom stereocenters. The second-order valence-corrected chi connectivity index (χ2v) is 8.89. The number of hydrogen-bond donors (Lipinski definition) is 2. The maximum atomic E-state index is 13.1. The van der Waals surface area contributed by atoms with Gasteiger partial charge in [-0.2, -0.15) is 18.3 Å². The molecule has 0 aromatic heterocycles. The van der Waals surface area contributed by atoms with Crippen molar-refractivity contribution in [2.45, 2.75) is 76.6 Å². The third kappa shape index (κ3) is 2.94. The molecule has 3 rings (SSSR count). The number of fused-ring (bicyclic) bond motifs is 1. The monoisotopic (exact) mass is 354 g/mol. The Morgan fingerprint density at radius 3 is 2.32 bits per heavy atom. The predicted molar refractivity (Wildman–Crippen MR) is 91.8 cm³/mol. The van der Waals surface area contributed by atoms with Gasteiger partial charge in [-0.1, -0.05) is 40.7 Å². The smallest absolute Gasteiger partial charge is 0.362 e. The summed E-state index contributed by atoms with van der Waals surface area (Å²) in [7, 11) is 0. The van der Waals surface area contributed by atoms with E-state index in [1.165, 1.54) is 5.56 Å². The van der Waals surface area contributed by atoms with Gasteiger partial charge in [0.1, 0.15) is 0 Å². The van der Waals surface area contributed by atoms with Crippen molar-refractivity contribution in [1.29, 1.82) is 0 Å². The normalized spacial score (nSPS) is 25.6. The first kappa shape index (κ1) is 18.2. The molecule has 138 valence electrons. The predicted octanol–water partition coefficient (Wildman–Crippen LogP) is 4.16. The topological polar surface area (TPSA) is 44.6 Å². The Balaban J connectivity index is 2.11. The number of nitrogens with zero attached hydrogens (tertiary/aromatic N) is 1. The number of rotatable bonds is 1. The Bertz CT molecular complexity index is 744. The van der Waals surface area contributed by atoms with Gasteiger partial charge in [-0.25, -0.2) is 0 Å². The van der Waals surface area contributed by atoms with Crippen molar-refractivity contribution in [2.75, 3.05) is 0 Å². The van der Waals surface area contributed by atoms with Gasteiger partial charge in [0, 0.05) is 5.56 Å². The summed E-state index contributed by atoms with van der Waals surface area (Å²) in [5.41, 5.74) is 3.11. The number of nitrogens with one attached hydrogen (secondary N) is 1. The van der Waals surface area contributed by atoms with Crippen LogP contribution in [0.3, 0.4) is 0 Å². The standard InChI is InChI=1S/C19H25F3N2O/c1-16(2,3)11-8-13(12-6-7-17(4,5)14(12)9-11)15-10-18(25,24-23-15)19(20,21)22/h8-9,24-25H,6-7,10H2,1-5H3/t18-/m1/s1. The average molecular weight is 354 g/mol. The second-order valence-electron chi connectivity index (χ2n) is 8.89. The molecule has 0 bridgehead atoms. The minimum atomic E-state index is -4.78. The molecule has 0 fully saturated rings. The molecule has 2 aliphatic rings. The van der Waals surface area contributed by atoms with Gasteiger partial charge >= 0.3 is 6.18 Å². The molecule has 0 radical (unpaired) electrons. The maximum absolute atomic E-state index is 13.1. The minimum Gasteiger partial charge on any atom is -0.362 e. The Kier molecular flexibility index (Phi) is 3.81. The van der Waals surface area contributed by atoms with E-state index in [1.54, 1.807) is 0 Å². The molecule has 0 saturated heterocycles. The summed E-state index contributed by atoms with van der Waals surface area (Å²) in [6.45, 7) is 10.6. The molecule has 0 unspecified atom stereocenters. The summed E-state index contributed by atoms with van der Waals surface area (Å²) in [6, 6.07) is 4.13. The van der Waals surface area contributed by atoms with E-state index in [0.29, 0.717) is 0 Å². The number of alkyl halides is 3. The van der Waals surface area contributed by atoms with Gasteiger partial charge < -0.3 is 5.11 Å². The lowest BCUT2D eigenvalue weighted by molar-refractivity contribution is -0.266. The fourth-order valence-corrected chi connectivity index (χ4v) is 3.61. The van der Waals surface area contributed by atoms with Crippen LogP contribution in [0.4, 0.5) is 13.2 Å². The molecule has 1 aromatic rings. The Morgan fingerprint density at radius 2 is 1.80 bits per heavy atom. The van der Waals surface area contributed by atoms with E-state index in [4.69, 9.17) is 0 Å². The number of halogens is 3. The quantitative estimate of drug-likeness (QED) is 0.795. The van der Waals surface area contributed by atoms with E-state index in [2.05, 4.69) is 45.8 Å². The summed E-state index contributed by atoms with van der Waals surface area (Å²) in [4.78, 5) is 0. The van der Waals surface area contributed by atoms with Gasteiger partial charge in [0.2, 0.25) is 0 Å². The van der Waals surface area contributed by atoms with Crippen molar-refractivity contribution < 1.29 is 18.3 Å². The van der Waals surface area contributed by atoms with Gasteiger partial charge in [-0.05, 0) is 46.4 Å². The first-order chi connectivity index (χ1) is 11.2. The van der Waals surface area contributed by atoms with E-state index < -0.39 is 18.3 Å². The van der Waals surface area contributed by atoms with Crippen LogP contribution >= 0.6 is 0 Å². The molecule has 0 amide bonds. The zero-order valence-corrected chi connectivity index (χ0v) is 15.3. The first-order valence-electron chi connectivity index (χ1n) is 8.56. The molecule has 3 nitrogen and oxygen atoms in total. The number of benzene rings is 1. The number of hydrogen-bond acceptors (Lipinski definition) is 3. The highest BCUT2D eigenvalue weighted by molar-refractivity contribution is 6.04. The largest absolute Gasteiger partial charge is 0.438 e. The molecule has 1 aliphatic carbocycles. The van der Waals surface area contributed by atoms with Crippen molar-refractivity contribution in [3.63, 3.8) is 0 Å². The van der Waals surface area contributed by atoms with Crippen LogP contribution < -0.4 is 5.43 Å². The summed E-state index contributed by atoms with van der Waals surface area (Å²) < 4.78 is 39.3. The average Bonchev–Trinajstić information content (AvgIpc) is 2.99. The van der Waals surface area contributed by atoms with Gasteiger partial charge in [0.25, 0.3) is 5.72 Å². The third-order valence-corrected chi connectivity index (χ3v) is 5.42. The van der Waals surface area contributed by atoms with Crippen LogP contribution in [-0.4, -0.2) is 22.7 Å². The zero-order chi connectivity index (χ0) is 18.8. The van der Waals surface area contributed by atoms with Crippen LogP contribution in [0.1, 0.15) is 69.7 Å². The molecule has 0 saturated carbocycles. The zero-order valence-electron chi connectivity index (χ0n) is 15.3. The fraction of sp³-hybridized carbons (Fsp3) is 0.632. The summed E-state index contributed by atoms with van der Waals surface area (Å²) in [5.74, 6) is 0. The van der Waals surface area contributed by atoms with Crippen LogP contribution in [0.15, 0.2) is 17.2 Å². The number of hydrazone groups is 1. The minimum absolute atomic E-state index is 0.0156. The van der Waals surface area contributed by atoms with Crippen molar-refractivity contribution in [3.05, 3.63) is 34.4 Å². The van der Waals surface area contributed by atoms with Crippen LogP contribution in [0.25, 0.3) is 0 Å². The lowest BCUT2D eigenvalue weighted by Crippen LogP contribution is -2.52. The third-order valence-electron chi connectivity index (χ3n) is 5.42. The van der Waals surface area contributed by atoms with E-state index in [0.717, 1.165) is 29.5 Å². The highest BCUT2D eigenvalue weighted by Crippen LogP contribution is 2.44. The van der Waals surface area contributed by atoms with Gasteiger partial charge in [0.15, 0.2) is 0 Å². The first-order valence-corrected chi connectivity index (χ1v) is 8.56. The second kappa shape index (κ2) is 5.22. The Hall–Kier alpha value is -1.56. The maximum Gasteiger partial charge on any atom is 0.438 e. The van der Waals surface area contributed by atoms with Crippen molar-refractivity contribution in [3.8, 4) is 0 Å². The summed E-state index contributed by atoms with van der Waals surface area (Å²) in [5, 5.41) is 13.8. The summed E-state index contributed by atoms with van der Waals surface area (Å²) >= 11 is 0. The highest BCUT2D eigenvalue weighted by atomic mass is 19.4. The molecular weight excluding hydrogens is 329 g/mol. The van der Waals surface area contributed by atoms with Crippen LogP contribution in [0, 0.1) is 0 Å². The molecule has 2 N–H and O–H groups in total. The molecule has 1 heterocycles.